The normalized spacial score (nSPS) is 14.1. The van der Waals surface area contributed by atoms with Gasteiger partial charge in [0.1, 0.15) is 6.54 Å². The van der Waals surface area contributed by atoms with Crippen LogP contribution in [-0.4, -0.2) is 77.2 Å². The Morgan fingerprint density at radius 1 is 1.03 bits per heavy atom. The number of urea groups is 1. The second-order valence-corrected chi connectivity index (χ2v) is 9.24. The van der Waals surface area contributed by atoms with Crippen LogP contribution in [0.5, 0.6) is 0 Å². The summed E-state index contributed by atoms with van der Waals surface area (Å²) >= 11 is 0. The third-order valence-electron chi connectivity index (χ3n) is 5.98. The van der Waals surface area contributed by atoms with Gasteiger partial charge >= 0.3 is 6.03 Å². The monoisotopic (exact) mass is 466 g/mol. The third-order valence-corrected chi connectivity index (χ3v) is 5.98. The molecule has 0 atom stereocenters. The summed E-state index contributed by atoms with van der Waals surface area (Å²) in [5.41, 5.74) is 3.11. The van der Waals surface area contributed by atoms with Crippen LogP contribution >= 0.6 is 0 Å². The number of aryl methyl sites for hydroxylation is 1. The zero-order chi connectivity index (χ0) is 24.5. The maximum absolute atomic E-state index is 13.0. The average Bonchev–Trinajstić information content (AvgIpc) is 3.08. The van der Waals surface area contributed by atoms with E-state index in [0.717, 1.165) is 42.9 Å². The molecule has 184 valence electrons. The predicted octanol–water partition coefficient (Wildman–Crippen LogP) is 3.71. The summed E-state index contributed by atoms with van der Waals surface area (Å²) in [4.78, 5) is 31.3. The fourth-order valence-electron chi connectivity index (χ4n) is 3.97. The Kier molecular flexibility index (Phi) is 9.24. The van der Waals surface area contributed by atoms with E-state index >= 15 is 0 Å². The van der Waals surface area contributed by atoms with Gasteiger partial charge in [-0.1, -0.05) is 43.2 Å². The van der Waals surface area contributed by atoms with Crippen molar-refractivity contribution >= 4 is 17.8 Å². The molecule has 1 N–H and O–H groups in total. The number of carbonyl (C=O) groups excluding carboxylic acids is 2. The van der Waals surface area contributed by atoms with E-state index in [4.69, 9.17) is 0 Å². The highest BCUT2D eigenvalue weighted by Crippen LogP contribution is 2.20. The van der Waals surface area contributed by atoms with Crippen molar-refractivity contribution in [1.29, 1.82) is 0 Å². The number of amides is 3. The molecule has 0 bridgehead atoms. The summed E-state index contributed by atoms with van der Waals surface area (Å²) in [5.74, 6) is 0.823. The van der Waals surface area contributed by atoms with E-state index in [1.807, 2.05) is 30.9 Å². The highest BCUT2D eigenvalue weighted by Gasteiger charge is 2.24. The molecule has 0 saturated carbocycles. The molecule has 3 amide bonds. The van der Waals surface area contributed by atoms with Gasteiger partial charge in [-0.15, -0.1) is 10.2 Å². The molecule has 1 fully saturated rings. The first-order valence-corrected chi connectivity index (χ1v) is 12.4. The number of anilines is 1. The molecule has 0 unspecified atom stereocenters. The number of nitrogens with one attached hydrogen (secondary N) is 1. The van der Waals surface area contributed by atoms with Crippen molar-refractivity contribution in [1.82, 2.24) is 25.3 Å². The maximum atomic E-state index is 13.0. The molecule has 1 saturated heterocycles. The Morgan fingerprint density at radius 3 is 2.44 bits per heavy atom. The molecule has 0 aliphatic carbocycles. The number of rotatable bonds is 8. The quantitative estimate of drug-likeness (QED) is 0.641. The van der Waals surface area contributed by atoms with Gasteiger partial charge in [0.25, 0.3) is 0 Å². The van der Waals surface area contributed by atoms with Gasteiger partial charge in [-0.2, -0.15) is 0 Å². The zero-order valence-electron chi connectivity index (χ0n) is 21.0. The largest absolute Gasteiger partial charge is 0.353 e. The van der Waals surface area contributed by atoms with Crippen molar-refractivity contribution in [2.24, 2.45) is 0 Å². The number of unbranched alkanes of at least 4 members (excludes halogenated alkanes) is 1. The minimum atomic E-state index is -0.169. The highest BCUT2D eigenvalue weighted by atomic mass is 16.2. The molecule has 1 aliphatic rings. The van der Waals surface area contributed by atoms with Crippen LogP contribution < -0.4 is 10.2 Å². The van der Waals surface area contributed by atoms with Gasteiger partial charge < -0.3 is 20.0 Å². The Hall–Kier alpha value is -3.16. The molecule has 1 aliphatic heterocycles. The number of nitrogens with zero attached hydrogens (tertiary/aromatic N) is 5. The molecule has 3 rings (SSSR count). The lowest BCUT2D eigenvalue weighted by Crippen LogP contribution is -2.49. The molecular formula is C26H38N6O2. The van der Waals surface area contributed by atoms with Crippen molar-refractivity contribution in [2.75, 3.05) is 44.2 Å². The standard InChI is InChI=1S/C26H38N6O2/c1-5-6-14-32(26(34)27-20(2)3)19-25(33)31-16-7-15-30(17-18-31)24-13-12-23(28-29-24)22-10-8-21(4)9-11-22/h8-13,20H,5-7,14-19H2,1-4H3,(H,27,34). The van der Waals surface area contributed by atoms with Crippen LogP contribution in [0.25, 0.3) is 11.3 Å². The van der Waals surface area contributed by atoms with E-state index in [9.17, 15) is 9.59 Å². The van der Waals surface area contributed by atoms with E-state index in [0.29, 0.717) is 26.2 Å². The van der Waals surface area contributed by atoms with Crippen molar-refractivity contribution in [3.8, 4) is 11.3 Å². The van der Waals surface area contributed by atoms with Crippen molar-refractivity contribution in [3.63, 3.8) is 0 Å². The van der Waals surface area contributed by atoms with Crippen LogP contribution in [0.3, 0.4) is 0 Å². The van der Waals surface area contributed by atoms with E-state index < -0.39 is 0 Å². The third kappa shape index (κ3) is 7.17. The fourth-order valence-corrected chi connectivity index (χ4v) is 3.97. The second kappa shape index (κ2) is 12.3. The number of aromatic nitrogens is 2. The predicted molar refractivity (Wildman–Crippen MR) is 136 cm³/mol. The first-order valence-electron chi connectivity index (χ1n) is 12.4. The summed E-state index contributed by atoms with van der Waals surface area (Å²) in [6.45, 7) is 11.5. The van der Waals surface area contributed by atoms with Crippen molar-refractivity contribution in [2.45, 2.75) is 53.0 Å². The van der Waals surface area contributed by atoms with Gasteiger partial charge in [-0.25, -0.2) is 4.79 Å². The van der Waals surface area contributed by atoms with Crippen molar-refractivity contribution in [3.05, 3.63) is 42.0 Å². The number of hydrogen-bond donors (Lipinski definition) is 1. The van der Waals surface area contributed by atoms with Crippen LogP contribution in [0, 0.1) is 6.92 Å². The lowest BCUT2D eigenvalue weighted by molar-refractivity contribution is -0.131. The first-order chi connectivity index (χ1) is 16.4. The van der Waals surface area contributed by atoms with Gasteiger partial charge in [0.05, 0.1) is 5.69 Å². The molecule has 2 aromatic rings. The molecule has 1 aromatic carbocycles. The van der Waals surface area contributed by atoms with Crippen LogP contribution in [-0.2, 0) is 4.79 Å². The minimum absolute atomic E-state index is 0.00216. The number of hydrogen-bond acceptors (Lipinski definition) is 5. The highest BCUT2D eigenvalue weighted by molar-refractivity contribution is 5.84. The topological polar surface area (TPSA) is 81.7 Å². The minimum Gasteiger partial charge on any atom is -0.353 e. The van der Waals surface area contributed by atoms with Crippen LogP contribution in [0.4, 0.5) is 10.6 Å². The van der Waals surface area contributed by atoms with Gasteiger partial charge in [0, 0.05) is 44.3 Å². The summed E-state index contributed by atoms with van der Waals surface area (Å²) in [7, 11) is 0. The SMILES string of the molecule is CCCCN(CC(=O)N1CCCN(c2ccc(-c3ccc(C)cc3)nn2)CC1)C(=O)NC(C)C. The maximum Gasteiger partial charge on any atom is 0.318 e. The van der Waals surface area contributed by atoms with Gasteiger partial charge in [-0.05, 0) is 45.7 Å². The van der Waals surface area contributed by atoms with Gasteiger partial charge in [0.15, 0.2) is 5.82 Å². The number of carbonyl (C=O) groups is 2. The summed E-state index contributed by atoms with van der Waals surface area (Å²) in [6, 6.07) is 12.1. The molecule has 8 heteroatoms. The average molecular weight is 467 g/mol. The van der Waals surface area contributed by atoms with Crippen LogP contribution in [0.15, 0.2) is 36.4 Å². The molecule has 8 nitrogen and oxygen atoms in total. The first kappa shape index (κ1) is 25.5. The molecule has 34 heavy (non-hydrogen) atoms. The second-order valence-electron chi connectivity index (χ2n) is 9.24. The van der Waals surface area contributed by atoms with Gasteiger partial charge in [-0.3, -0.25) is 4.79 Å². The molecule has 1 aromatic heterocycles. The van der Waals surface area contributed by atoms with Gasteiger partial charge in [0.2, 0.25) is 5.91 Å². The number of benzene rings is 1. The van der Waals surface area contributed by atoms with E-state index in [1.165, 1.54) is 5.56 Å². The molecular weight excluding hydrogens is 428 g/mol. The lowest BCUT2D eigenvalue weighted by atomic mass is 10.1. The summed E-state index contributed by atoms with van der Waals surface area (Å²) in [6.07, 6.45) is 2.70. The Balaban J connectivity index is 1.58. The van der Waals surface area contributed by atoms with E-state index in [-0.39, 0.29) is 24.5 Å². The Bertz CT molecular complexity index is 929. The zero-order valence-corrected chi connectivity index (χ0v) is 21.0. The molecule has 2 heterocycles. The fraction of sp³-hybridized carbons (Fsp3) is 0.538. The van der Waals surface area contributed by atoms with Crippen LogP contribution in [0.1, 0.15) is 45.6 Å². The van der Waals surface area contributed by atoms with E-state index in [2.05, 4.69) is 58.5 Å². The molecule has 0 radical (unpaired) electrons. The summed E-state index contributed by atoms with van der Waals surface area (Å²) < 4.78 is 0. The van der Waals surface area contributed by atoms with Crippen LogP contribution in [0.2, 0.25) is 0 Å². The Morgan fingerprint density at radius 2 is 1.79 bits per heavy atom. The Labute approximate surface area is 203 Å². The van der Waals surface area contributed by atoms with E-state index in [1.54, 1.807) is 4.90 Å². The molecule has 0 spiro atoms. The summed E-state index contributed by atoms with van der Waals surface area (Å²) in [5, 5.41) is 11.8. The van der Waals surface area contributed by atoms with Crippen molar-refractivity contribution < 1.29 is 9.59 Å². The smallest absolute Gasteiger partial charge is 0.318 e. The lowest BCUT2D eigenvalue weighted by Gasteiger charge is -2.28.